The van der Waals surface area contributed by atoms with Gasteiger partial charge in [0.2, 0.25) is 0 Å². The minimum absolute atomic E-state index is 0.221. The minimum atomic E-state index is -0.882. The van der Waals surface area contributed by atoms with E-state index in [-0.39, 0.29) is 19.1 Å². The van der Waals surface area contributed by atoms with Crippen LogP contribution in [0.3, 0.4) is 0 Å². The number of hydrogen-bond donors (Lipinski definition) is 2. The Morgan fingerprint density at radius 3 is 2.71 bits per heavy atom. The maximum absolute atomic E-state index is 9.83. The summed E-state index contributed by atoms with van der Waals surface area (Å²) in [4.78, 5) is 2.61. The summed E-state index contributed by atoms with van der Waals surface area (Å²) in [6, 6.07) is 0. The molecular formula is C10H19N3O4. The van der Waals surface area contributed by atoms with Gasteiger partial charge in [0, 0.05) is 17.4 Å². The number of azide groups is 1. The standard InChI is InChI=1S/C10H19N3O4/c1-3-7-9(15)8(14)6(2)10(17-7)16-5-4-12-13-11/h6-10,14-15H,3-5H2,1-2H3. The molecule has 0 spiro atoms. The molecule has 1 aliphatic rings. The largest absolute Gasteiger partial charge is 0.390 e. The fourth-order valence-electron chi connectivity index (χ4n) is 1.85. The monoisotopic (exact) mass is 245 g/mol. The molecular weight excluding hydrogens is 226 g/mol. The molecule has 1 heterocycles. The number of rotatable bonds is 5. The molecule has 5 unspecified atom stereocenters. The second-order valence-electron chi connectivity index (χ2n) is 4.12. The van der Waals surface area contributed by atoms with Crippen molar-refractivity contribution in [2.24, 2.45) is 11.0 Å². The molecule has 0 amide bonds. The van der Waals surface area contributed by atoms with Gasteiger partial charge in [-0.15, -0.1) is 0 Å². The number of aliphatic hydroxyl groups excluding tert-OH is 2. The van der Waals surface area contributed by atoms with Crippen LogP contribution in [-0.2, 0) is 9.47 Å². The predicted octanol–water partition coefficient (Wildman–Crippen LogP) is 0.806. The molecule has 0 aromatic rings. The molecule has 1 aliphatic heterocycles. The molecule has 1 rings (SSSR count). The van der Waals surface area contributed by atoms with Gasteiger partial charge in [0.1, 0.15) is 6.10 Å². The van der Waals surface area contributed by atoms with Crippen LogP contribution in [0.2, 0.25) is 0 Å². The molecule has 7 nitrogen and oxygen atoms in total. The van der Waals surface area contributed by atoms with Crippen LogP contribution in [0.4, 0.5) is 0 Å². The van der Waals surface area contributed by atoms with Gasteiger partial charge < -0.3 is 19.7 Å². The number of nitrogens with zero attached hydrogens (tertiary/aromatic N) is 3. The molecule has 17 heavy (non-hydrogen) atoms. The van der Waals surface area contributed by atoms with E-state index in [1.165, 1.54) is 0 Å². The van der Waals surface area contributed by atoms with Gasteiger partial charge in [-0.2, -0.15) is 0 Å². The van der Waals surface area contributed by atoms with E-state index in [1.807, 2.05) is 6.92 Å². The maximum Gasteiger partial charge on any atom is 0.163 e. The van der Waals surface area contributed by atoms with E-state index in [0.717, 1.165) is 0 Å². The highest BCUT2D eigenvalue weighted by atomic mass is 16.7. The Balaban J connectivity index is 2.50. The summed E-state index contributed by atoms with van der Waals surface area (Å²) in [7, 11) is 0. The van der Waals surface area contributed by atoms with E-state index in [9.17, 15) is 10.2 Å². The lowest BCUT2D eigenvalue weighted by atomic mass is 9.91. The fourth-order valence-corrected chi connectivity index (χ4v) is 1.85. The zero-order valence-corrected chi connectivity index (χ0v) is 10.1. The topological polar surface area (TPSA) is 108 Å². The van der Waals surface area contributed by atoms with E-state index >= 15 is 0 Å². The van der Waals surface area contributed by atoms with Gasteiger partial charge in [0.25, 0.3) is 0 Å². The Hall–Kier alpha value is -0.850. The van der Waals surface area contributed by atoms with Crippen molar-refractivity contribution in [1.29, 1.82) is 0 Å². The van der Waals surface area contributed by atoms with E-state index in [4.69, 9.17) is 15.0 Å². The van der Waals surface area contributed by atoms with Crippen molar-refractivity contribution in [3.63, 3.8) is 0 Å². The van der Waals surface area contributed by atoms with Crippen LogP contribution in [0, 0.1) is 5.92 Å². The lowest BCUT2D eigenvalue weighted by Gasteiger charge is -2.41. The van der Waals surface area contributed by atoms with Gasteiger partial charge in [-0.25, -0.2) is 0 Å². The minimum Gasteiger partial charge on any atom is -0.390 e. The Labute approximate surface area is 100.0 Å². The summed E-state index contributed by atoms with van der Waals surface area (Å²) in [5.41, 5.74) is 8.11. The van der Waals surface area contributed by atoms with Crippen molar-refractivity contribution in [3.8, 4) is 0 Å². The molecule has 5 atom stereocenters. The first kappa shape index (κ1) is 14.2. The Morgan fingerprint density at radius 1 is 1.41 bits per heavy atom. The third-order valence-electron chi connectivity index (χ3n) is 2.95. The Morgan fingerprint density at radius 2 is 2.12 bits per heavy atom. The highest BCUT2D eigenvalue weighted by Crippen LogP contribution is 2.27. The molecule has 0 saturated carbocycles. The van der Waals surface area contributed by atoms with Gasteiger partial charge in [0.15, 0.2) is 6.29 Å². The molecule has 98 valence electrons. The smallest absolute Gasteiger partial charge is 0.163 e. The summed E-state index contributed by atoms with van der Waals surface area (Å²) in [5, 5.41) is 22.9. The molecule has 1 saturated heterocycles. The Bertz CT molecular complexity index is 281. The van der Waals surface area contributed by atoms with Crippen molar-refractivity contribution in [2.45, 2.75) is 44.9 Å². The van der Waals surface area contributed by atoms with Gasteiger partial charge in [-0.05, 0) is 12.0 Å². The van der Waals surface area contributed by atoms with E-state index < -0.39 is 24.6 Å². The zero-order chi connectivity index (χ0) is 12.8. The van der Waals surface area contributed by atoms with Crippen LogP contribution in [0.25, 0.3) is 10.4 Å². The van der Waals surface area contributed by atoms with Gasteiger partial charge in [-0.3, -0.25) is 0 Å². The number of aliphatic hydroxyl groups is 2. The second kappa shape index (κ2) is 6.78. The maximum atomic E-state index is 9.83. The first-order valence-corrected chi connectivity index (χ1v) is 5.75. The second-order valence-corrected chi connectivity index (χ2v) is 4.12. The average Bonchev–Trinajstić information content (AvgIpc) is 2.34. The van der Waals surface area contributed by atoms with E-state index in [1.54, 1.807) is 6.92 Å². The average molecular weight is 245 g/mol. The number of hydrogen-bond acceptors (Lipinski definition) is 5. The molecule has 0 radical (unpaired) electrons. The molecule has 7 heteroatoms. The summed E-state index contributed by atoms with van der Waals surface area (Å²) >= 11 is 0. The van der Waals surface area contributed by atoms with Crippen LogP contribution >= 0.6 is 0 Å². The third-order valence-corrected chi connectivity index (χ3v) is 2.95. The van der Waals surface area contributed by atoms with E-state index in [2.05, 4.69) is 10.0 Å². The lowest BCUT2D eigenvalue weighted by molar-refractivity contribution is -0.276. The third kappa shape index (κ3) is 3.55. The first-order valence-electron chi connectivity index (χ1n) is 5.75. The molecule has 0 aromatic heterocycles. The van der Waals surface area contributed by atoms with Gasteiger partial charge in [-0.1, -0.05) is 19.0 Å². The normalized spacial score (nSPS) is 37.5. The highest BCUT2D eigenvalue weighted by molar-refractivity contribution is 4.86. The highest BCUT2D eigenvalue weighted by Gasteiger charge is 2.41. The van der Waals surface area contributed by atoms with Crippen molar-refractivity contribution in [1.82, 2.24) is 0 Å². The van der Waals surface area contributed by atoms with Crippen molar-refractivity contribution in [3.05, 3.63) is 10.4 Å². The van der Waals surface area contributed by atoms with Crippen LogP contribution in [0.5, 0.6) is 0 Å². The van der Waals surface area contributed by atoms with E-state index in [0.29, 0.717) is 6.42 Å². The molecule has 1 fully saturated rings. The number of ether oxygens (including phenoxy) is 2. The van der Waals surface area contributed by atoms with Crippen LogP contribution in [-0.4, -0.2) is 48.0 Å². The van der Waals surface area contributed by atoms with Crippen LogP contribution in [0.1, 0.15) is 20.3 Å². The van der Waals surface area contributed by atoms with Gasteiger partial charge in [0.05, 0.1) is 18.8 Å². The fraction of sp³-hybridized carbons (Fsp3) is 1.00. The molecule has 2 N–H and O–H groups in total. The van der Waals surface area contributed by atoms with Crippen LogP contribution < -0.4 is 0 Å². The predicted molar refractivity (Wildman–Crippen MR) is 60.1 cm³/mol. The quantitative estimate of drug-likeness (QED) is 0.323. The lowest BCUT2D eigenvalue weighted by Crippen LogP contribution is -2.54. The van der Waals surface area contributed by atoms with Crippen LogP contribution in [0.15, 0.2) is 5.11 Å². The van der Waals surface area contributed by atoms with Crippen molar-refractivity contribution < 1.29 is 19.7 Å². The summed E-state index contributed by atoms with van der Waals surface area (Å²) in [5.74, 6) is -0.320. The van der Waals surface area contributed by atoms with Gasteiger partial charge >= 0.3 is 0 Å². The van der Waals surface area contributed by atoms with Crippen molar-refractivity contribution in [2.75, 3.05) is 13.2 Å². The zero-order valence-electron chi connectivity index (χ0n) is 10.1. The summed E-state index contributed by atoms with van der Waals surface area (Å²) in [6.07, 6.45) is -2.15. The summed E-state index contributed by atoms with van der Waals surface area (Å²) < 4.78 is 10.9. The first-order chi connectivity index (χ1) is 8.11. The summed E-state index contributed by atoms with van der Waals surface area (Å²) in [6.45, 7) is 4.07. The Kier molecular flexibility index (Phi) is 5.67. The SMILES string of the molecule is CCC1OC(OCCN=[N+]=[N-])C(C)C(O)C1O. The van der Waals surface area contributed by atoms with Crippen molar-refractivity contribution >= 4 is 0 Å². The molecule has 0 aromatic carbocycles. The molecule has 0 bridgehead atoms. The molecule has 0 aliphatic carbocycles.